The normalized spacial score (nSPS) is 16.7. The van der Waals surface area contributed by atoms with Gasteiger partial charge in [-0.3, -0.25) is 9.80 Å². The lowest BCUT2D eigenvalue weighted by Crippen LogP contribution is -2.45. The van der Waals surface area contributed by atoms with Crippen LogP contribution in [0, 0.1) is 5.82 Å². The predicted octanol–water partition coefficient (Wildman–Crippen LogP) is 2.79. The number of benzene rings is 1. The molecular weight excluding hydrogens is 303 g/mol. The molecule has 24 heavy (non-hydrogen) atoms. The maximum Gasteiger partial charge on any atom is 0.137 e. The van der Waals surface area contributed by atoms with Crippen molar-refractivity contribution in [3.8, 4) is 0 Å². The van der Waals surface area contributed by atoms with Gasteiger partial charge in [-0.15, -0.1) is 0 Å². The van der Waals surface area contributed by atoms with Crippen LogP contribution in [0.1, 0.15) is 11.3 Å². The van der Waals surface area contributed by atoms with E-state index in [2.05, 4.69) is 25.4 Å². The van der Waals surface area contributed by atoms with E-state index in [1.807, 2.05) is 36.5 Å². The van der Waals surface area contributed by atoms with Gasteiger partial charge in [-0.05, 0) is 18.2 Å². The van der Waals surface area contributed by atoms with Crippen LogP contribution in [-0.2, 0) is 13.1 Å². The molecule has 1 fully saturated rings. The summed E-state index contributed by atoms with van der Waals surface area (Å²) in [5, 5.41) is 0. The molecule has 1 aromatic carbocycles. The highest BCUT2D eigenvalue weighted by molar-refractivity contribution is 5.39. The molecule has 0 unspecified atom stereocenters. The van der Waals surface area contributed by atoms with Gasteiger partial charge in [-0.25, -0.2) is 9.37 Å². The Balaban J connectivity index is 1.33. The summed E-state index contributed by atoms with van der Waals surface area (Å²) in [5.74, 6) is -0.107. The van der Waals surface area contributed by atoms with Crippen LogP contribution in [0.25, 0.3) is 5.65 Å². The highest BCUT2D eigenvalue weighted by Crippen LogP contribution is 2.14. The fourth-order valence-electron chi connectivity index (χ4n) is 3.27. The summed E-state index contributed by atoms with van der Waals surface area (Å²) in [7, 11) is 0. The molecule has 1 saturated heterocycles. The monoisotopic (exact) mass is 324 g/mol. The summed E-state index contributed by atoms with van der Waals surface area (Å²) in [4.78, 5) is 9.40. The number of hydrogen-bond acceptors (Lipinski definition) is 3. The van der Waals surface area contributed by atoms with E-state index in [9.17, 15) is 4.39 Å². The van der Waals surface area contributed by atoms with Gasteiger partial charge in [0, 0.05) is 57.2 Å². The number of imidazole rings is 1. The minimum absolute atomic E-state index is 0.107. The van der Waals surface area contributed by atoms with Crippen LogP contribution in [0.4, 0.5) is 4.39 Å². The van der Waals surface area contributed by atoms with Gasteiger partial charge in [0.15, 0.2) is 0 Å². The average Bonchev–Trinajstić information content (AvgIpc) is 3.01. The number of rotatable bonds is 4. The van der Waals surface area contributed by atoms with E-state index < -0.39 is 0 Å². The lowest BCUT2D eigenvalue weighted by molar-refractivity contribution is 0.120. The van der Waals surface area contributed by atoms with E-state index in [0.29, 0.717) is 6.54 Å². The zero-order chi connectivity index (χ0) is 16.4. The summed E-state index contributed by atoms with van der Waals surface area (Å²) in [6.07, 6.45) is 4.12. The van der Waals surface area contributed by atoms with Gasteiger partial charge in [0.1, 0.15) is 11.5 Å². The Kier molecular flexibility index (Phi) is 4.28. The molecule has 0 spiro atoms. The van der Waals surface area contributed by atoms with E-state index in [1.165, 1.54) is 6.07 Å². The molecule has 0 N–H and O–H groups in total. The fraction of sp³-hybridized carbons (Fsp3) is 0.316. The van der Waals surface area contributed by atoms with Crippen LogP contribution in [-0.4, -0.2) is 45.4 Å². The lowest BCUT2D eigenvalue weighted by atomic mass is 10.2. The molecule has 0 radical (unpaired) electrons. The number of piperazine rings is 1. The third kappa shape index (κ3) is 3.32. The summed E-state index contributed by atoms with van der Waals surface area (Å²) < 4.78 is 15.8. The SMILES string of the molecule is Fc1ccccc1CN1CCN(Cc2cn3ccccc3n2)CC1. The standard InChI is InChI=1S/C19H21FN4/c20-18-6-2-1-5-16(18)13-22-9-11-23(12-10-22)14-17-15-24-8-4-3-7-19(24)21-17/h1-8,15H,9-14H2. The van der Waals surface area contributed by atoms with E-state index in [4.69, 9.17) is 0 Å². The van der Waals surface area contributed by atoms with Gasteiger partial charge < -0.3 is 4.40 Å². The number of hydrogen-bond donors (Lipinski definition) is 0. The fourth-order valence-corrected chi connectivity index (χ4v) is 3.27. The number of pyridine rings is 1. The van der Waals surface area contributed by atoms with Gasteiger partial charge >= 0.3 is 0 Å². The number of nitrogens with zero attached hydrogens (tertiary/aromatic N) is 4. The molecule has 1 aliphatic heterocycles. The smallest absolute Gasteiger partial charge is 0.137 e. The molecule has 1 aliphatic rings. The second kappa shape index (κ2) is 6.71. The van der Waals surface area contributed by atoms with Crippen LogP contribution in [0.2, 0.25) is 0 Å². The van der Waals surface area contributed by atoms with E-state index in [-0.39, 0.29) is 5.82 Å². The van der Waals surface area contributed by atoms with Crippen LogP contribution in [0.5, 0.6) is 0 Å². The molecule has 0 aliphatic carbocycles. The number of halogens is 1. The van der Waals surface area contributed by atoms with E-state index in [1.54, 1.807) is 6.07 Å². The molecule has 124 valence electrons. The van der Waals surface area contributed by atoms with Gasteiger partial charge in [-0.2, -0.15) is 0 Å². The van der Waals surface area contributed by atoms with Crippen molar-refractivity contribution in [2.45, 2.75) is 13.1 Å². The third-order valence-electron chi connectivity index (χ3n) is 4.62. The third-order valence-corrected chi connectivity index (χ3v) is 4.62. The van der Waals surface area contributed by atoms with Gasteiger partial charge in [-0.1, -0.05) is 24.3 Å². The molecule has 0 bridgehead atoms. The molecule has 0 saturated carbocycles. The van der Waals surface area contributed by atoms with Crippen molar-refractivity contribution in [2.24, 2.45) is 0 Å². The lowest BCUT2D eigenvalue weighted by Gasteiger charge is -2.34. The highest BCUT2D eigenvalue weighted by atomic mass is 19.1. The molecule has 4 rings (SSSR count). The van der Waals surface area contributed by atoms with Gasteiger partial charge in [0.25, 0.3) is 0 Å². The van der Waals surface area contributed by atoms with E-state index in [0.717, 1.165) is 49.6 Å². The van der Waals surface area contributed by atoms with E-state index >= 15 is 0 Å². The van der Waals surface area contributed by atoms with Crippen molar-refractivity contribution in [3.05, 3.63) is 71.9 Å². The Morgan fingerprint density at radius 2 is 1.58 bits per heavy atom. The Hall–Kier alpha value is -2.24. The van der Waals surface area contributed by atoms with Crippen molar-refractivity contribution in [2.75, 3.05) is 26.2 Å². The number of aromatic nitrogens is 2. The molecule has 0 atom stereocenters. The first-order valence-corrected chi connectivity index (χ1v) is 8.39. The minimum atomic E-state index is -0.107. The average molecular weight is 324 g/mol. The Morgan fingerprint density at radius 1 is 0.875 bits per heavy atom. The highest BCUT2D eigenvalue weighted by Gasteiger charge is 2.18. The van der Waals surface area contributed by atoms with Crippen molar-refractivity contribution in [1.82, 2.24) is 19.2 Å². The second-order valence-electron chi connectivity index (χ2n) is 6.34. The zero-order valence-corrected chi connectivity index (χ0v) is 13.6. The number of fused-ring (bicyclic) bond motifs is 1. The first-order chi connectivity index (χ1) is 11.8. The van der Waals surface area contributed by atoms with Crippen molar-refractivity contribution in [3.63, 3.8) is 0 Å². The van der Waals surface area contributed by atoms with Gasteiger partial charge in [0.2, 0.25) is 0 Å². The van der Waals surface area contributed by atoms with Crippen molar-refractivity contribution < 1.29 is 4.39 Å². The summed E-state index contributed by atoms with van der Waals surface area (Å²) in [5.41, 5.74) is 2.88. The van der Waals surface area contributed by atoms with Gasteiger partial charge in [0.05, 0.1) is 5.69 Å². The summed E-state index contributed by atoms with van der Waals surface area (Å²) in [6, 6.07) is 13.1. The molecule has 3 aromatic rings. The molecular formula is C19H21FN4. The maximum atomic E-state index is 13.8. The van der Waals surface area contributed by atoms with Crippen LogP contribution in [0.3, 0.4) is 0 Å². The Labute approximate surface area is 141 Å². The van der Waals surface area contributed by atoms with Crippen molar-refractivity contribution in [1.29, 1.82) is 0 Å². The molecule has 4 nitrogen and oxygen atoms in total. The summed E-state index contributed by atoms with van der Waals surface area (Å²) in [6.45, 7) is 5.46. The van der Waals surface area contributed by atoms with Crippen LogP contribution < -0.4 is 0 Å². The minimum Gasteiger partial charge on any atom is -0.307 e. The zero-order valence-electron chi connectivity index (χ0n) is 13.6. The Morgan fingerprint density at radius 3 is 2.33 bits per heavy atom. The predicted molar refractivity (Wildman–Crippen MR) is 92.1 cm³/mol. The first kappa shape index (κ1) is 15.3. The van der Waals surface area contributed by atoms with Crippen LogP contribution in [0.15, 0.2) is 54.9 Å². The topological polar surface area (TPSA) is 23.8 Å². The quantitative estimate of drug-likeness (QED) is 0.737. The molecule has 0 amide bonds. The summed E-state index contributed by atoms with van der Waals surface area (Å²) >= 11 is 0. The molecule has 3 heterocycles. The second-order valence-corrected chi connectivity index (χ2v) is 6.34. The van der Waals surface area contributed by atoms with Crippen LogP contribution >= 0.6 is 0 Å². The largest absolute Gasteiger partial charge is 0.307 e. The van der Waals surface area contributed by atoms with Crippen molar-refractivity contribution >= 4 is 5.65 Å². The molecule has 2 aromatic heterocycles. The first-order valence-electron chi connectivity index (χ1n) is 8.39. The maximum absolute atomic E-state index is 13.8. The Bertz CT molecular complexity index is 788. The molecule has 5 heteroatoms.